The van der Waals surface area contributed by atoms with Crippen molar-refractivity contribution in [3.05, 3.63) is 63.3 Å². The number of sulfone groups is 1. The van der Waals surface area contributed by atoms with Gasteiger partial charge in [-0.2, -0.15) is 0 Å². The van der Waals surface area contributed by atoms with E-state index in [2.05, 4.69) is 9.97 Å². The number of fused-ring (bicyclic) bond motifs is 1. The lowest BCUT2D eigenvalue weighted by Crippen LogP contribution is -2.32. The molecule has 0 saturated heterocycles. The lowest BCUT2D eigenvalue weighted by molar-refractivity contribution is 0.0679. The summed E-state index contributed by atoms with van der Waals surface area (Å²) in [6.07, 6.45) is 0.982. The van der Waals surface area contributed by atoms with Crippen LogP contribution >= 0.6 is 23.2 Å². The number of carbonyl (C=O) groups excluding carboxylic acids is 1. The van der Waals surface area contributed by atoms with Gasteiger partial charge in [-0.15, -0.1) is 0 Å². The molecule has 1 aromatic heterocycles. The van der Waals surface area contributed by atoms with Gasteiger partial charge in [-0.05, 0) is 35.9 Å². The second-order valence-corrected chi connectivity index (χ2v) is 10.8. The summed E-state index contributed by atoms with van der Waals surface area (Å²) in [7, 11) is 0.707. The standard InChI is InChI=1S/C24H23Cl2N3O6S/c1-33-10-9-29-22(13-5-8-17(34-2)18(11-13)35-3)19-20(15-7-6-14(25)12-16(15)26)27-24(36(4,31)32)28-21(19)23(29)30/h5-8,11-12,22H,9-10H2,1-4H3. The Kier molecular flexibility index (Phi) is 7.42. The van der Waals surface area contributed by atoms with E-state index in [-0.39, 0.29) is 29.6 Å². The van der Waals surface area contributed by atoms with Gasteiger partial charge in [-0.3, -0.25) is 4.79 Å². The number of hydrogen-bond donors (Lipinski definition) is 0. The van der Waals surface area contributed by atoms with E-state index in [0.717, 1.165) is 6.26 Å². The van der Waals surface area contributed by atoms with Crippen LogP contribution in [0, 0.1) is 0 Å². The first-order chi connectivity index (χ1) is 17.1. The molecule has 0 fully saturated rings. The summed E-state index contributed by atoms with van der Waals surface area (Å²) in [5, 5.41) is 0.166. The van der Waals surface area contributed by atoms with Crippen molar-refractivity contribution < 1.29 is 27.4 Å². The number of aromatic nitrogens is 2. The smallest absolute Gasteiger partial charge is 0.273 e. The molecule has 0 N–H and O–H groups in total. The van der Waals surface area contributed by atoms with Crippen LogP contribution < -0.4 is 9.47 Å². The zero-order valence-electron chi connectivity index (χ0n) is 19.9. The quantitative estimate of drug-likeness (QED) is 0.385. The third kappa shape index (κ3) is 4.73. The molecule has 0 aliphatic carbocycles. The van der Waals surface area contributed by atoms with Gasteiger partial charge >= 0.3 is 0 Å². The van der Waals surface area contributed by atoms with Crippen molar-refractivity contribution in [2.24, 2.45) is 0 Å². The normalized spacial score (nSPS) is 15.2. The van der Waals surface area contributed by atoms with Gasteiger partial charge in [-0.25, -0.2) is 18.4 Å². The Bertz CT molecular complexity index is 1450. The number of methoxy groups -OCH3 is 3. The highest BCUT2D eigenvalue weighted by Crippen LogP contribution is 2.45. The van der Waals surface area contributed by atoms with Crippen molar-refractivity contribution in [2.45, 2.75) is 11.2 Å². The Labute approximate surface area is 218 Å². The number of hydrogen-bond acceptors (Lipinski definition) is 8. The molecule has 3 aromatic rings. The number of benzene rings is 2. The molecular weight excluding hydrogens is 529 g/mol. The molecule has 4 rings (SSSR count). The Morgan fingerprint density at radius 1 is 0.972 bits per heavy atom. The van der Waals surface area contributed by atoms with Crippen molar-refractivity contribution in [1.82, 2.24) is 14.9 Å². The zero-order valence-corrected chi connectivity index (χ0v) is 22.2. The molecule has 0 bridgehead atoms. The minimum Gasteiger partial charge on any atom is -0.493 e. The molecule has 190 valence electrons. The van der Waals surface area contributed by atoms with Gasteiger partial charge in [-0.1, -0.05) is 29.3 Å². The fourth-order valence-electron chi connectivity index (χ4n) is 4.12. The fourth-order valence-corrected chi connectivity index (χ4v) is 5.13. The zero-order chi connectivity index (χ0) is 26.2. The molecule has 1 aliphatic heterocycles. The maximum atomic E-state index is 13.6. The van der Waals surface area contributed by atoms with Gasteiger partial charge in [0, 0.05) is 36.1 Å². The van der Waals surface area contributed by atoms with Crippen LogP contribution in [0.4, 0.5) is 0 Å². The fraction of sp³-hybridized carbons (Fsp3) is 0.292. The van der Waals surface area contributed by atoms with Crippen molar-refractivity contribution in [1.29, 1.82) is 0 Å². The first kappa shape index (κ1) is 26.2. The van der Waals surface area contributed by atoms with E-state index in [1.54, 1.807) is 35.2 Å². The molecule has 9 nitrogen and oxygen atoms in total. The highest BCUT2D eigenvalue weighted by molar-refractivity contribution is 7.90. The Balaban J connectivity index is 2.06. The first-order valence-electron chi connectivity index (χ1n) is 10.7. The maximum absolute atomic E-state index is 13.6. The van der Waals surface area contributed by atoms with E-state index in [4.69, 9.17) is 37.4 Å². The van der Waals surface area contributed by atoms with E-state index < -0.39 is 26.9 Å². The monoisotopic (exact) mass is 551 g/mol. The second kappa shape index (κ2) is 10.2. The van der Waals surface area contributed by atoms with Crippen LogP contribution in [0.15, 0.2) is 41.6 Å². The number of ether oxygens (including phenoxy) is 3. The molecule has 0 saturated carbocycles. The molecule has 2 aromatic carbocycles. The third-order valence-electron chi connectivity index (χ3n) is 5.75. The molecule has 1 amide bonds. The number of nitrogens with zero attached hydrogens (tertiary/aromatic N) is 3. The second-order valence-electron chi connectivity index (χ2n) is 8.02. The van der Waals surface area contributed by atoms with E-state index >= 15 is 0 Å². The molecule has 0 spiro atoms. The Morgan fingerprint density at radius 3 is 2.28 bits per heavy atom. The largest absolute Gasteiger partial charge is 0.493 e. The number of rotatable bonds is 8. The topological polar surface area (TPSA) is 108 Å². The van der Waals surface area contributed by atoms with Crippen molar-refractivity contribution in [2.75, 3.05) is 40.7 Å². The first-order valence-corrected chi connectivity index (χ1v) is 13.3. The lowest BCUT2D eigenvalue weighted by atomic mass is 9.95. The minimum absolute atomic E-state index is 0.0256. The maximum Gasteiger partial charge on any atom is 0.273 e. The summed E-state index contributed by atoms with van der Waals surface area (Å²) < 4.78 is 41.0. The summed E-state index contributed by atoms with van der Waals surface area (Å²) in [5.74, 6) is 0.515. The van der Waals surface area contributed by atoms with Gasteiger partial charge < -0.3 is 19.1 Å². The van der Waals surface area contributed by atoms with Gasteiger partial charge in [0.05, 0.1) is 37.6 Å². The summed E-state index contributed by atoms with van der Waals surface area (Å²) >= 11 is 12.6. The van der Waals surface area contributed by atoms with E-state index in [1.165, 1.54) is 27.4 Å². The van der Waals surface area contributed by atoms with Gasteiger partial charge in [0.1, 0.15) is 5.69 Å². The third-order valence-corrected chi connectivity index (χ3v) is 7.14. The van der Waals surface area contributed by atoms with Crippen molar-refractivity contribution in [3.8, 4) is 22.8 Å². The van der Waals surface area contributed by atoms with E-state index in [9.17, 15) is 13.2 Å². The summed E-state index contributed by atoms with van der Waals surface area (Å²) in [6.45, 7) is 0.458. The SMILES string of the molecule is COCCN1C(=O)c2nc(S(C)(=O)=O)nc(-c3ccc(Cl)cc3Cl)c2C1c1ccc(OC)c(OC)c1. The molecule has 36 heavy (non-hydrogen) atoms. The average Bonchev–Trinajstić information content (AvgIpc) is 3.12. The van der Waals surface area contributed by atoms with Gasteiger partial charge in [0.25, 0.3) is 5.91 Å². The Hall–Kier alpha value is -2.92. The van der Waals surface area contributed by atoms with Crippen LogP contribution in [0.25, 0.3) is 11.3 Å². The Morgan fingerprint density at radius 2 is 1.67 bits per heavy atom. The highest BCUT2D eigenvalue weighted by atomic mass is 35.5. The van der Waals surface area contributed by atoms with Gasteiger partial charge in [0.15, 0.2) is 11.5 Å². The van der Waals surface area contributed by atoms with Crippen LogP contribution in [0.3, 0.4) is 0 Å². The predicted octanol–water partition coefficient (Wildman–Crippen LogP) is 4.06. The van der Waals surface area contributed by atoms with Crippen molar-refractivity contribution in [3.63, 3.8) is 0 Å². The lowest BCUT2D eigenvalue weighted by Gasteiger charge is -2.26. The molecule has 0 radical (unpaired) electrons. The highest BCUT2D eigenvalue weighted by Gasteiger charge is 2.43. The molecule has 1 aliphatic rings. The molecule has 2 heterocycles. The summed E-state index contributed by atoms with van der Waals surface area (Å²) in [4.78, 5) is 23.8. The van der Waals surface area contributed by atoms with Crippen LogP contribution in [0.1, 0.15) is 27.7 Å². The summed E-state index contributed by atoms with van der Waals surface area (Å²) in [6, 6.07) is 9.37. The molecule has 1 unspecified atom stereocenters. The van der Waals surface area contributed by atoms with Gasteiger partial charge in [0.2, 0.25) is 15.0 Å². The van der Waals surface area contributed by atoms with Crippen LogP contribution in [-0.4, -0.2) is 69.9 Å². The molecule has 12 heteroatoms. The van der Waals surface area contributed by atoms with E-state index in [0.29, 0.717) is 33.2 Å². The molecule has 1 atom stereocenters. The number of halogens is 2. The number of carbonyl (C=O) groups is 1. The van der Waals surface area contributed by atoms with E-state index in [1.807, 2.05) is 0 Å². The summed E-state index contributed by atoms with van der Waals surface area (Å²) in [5.41, 5.74) is 1.70. The molecular formula is C24H23Cl2N3O6S. The van der Waals surface area contributed by atoms with Crippen molar-refractivity contribution >= 4 is 38.9 Å². The average molecular weight is 552 g/mol. The minimum atomic E-state index is -3.86. The predicted molar refractivity (Wildman–Crippen MR) is 135 cm³/mol. The van der Waals surface area contributed by atoms with Crippen LogP contribution in [0.5, 0.6) is 11.5 Å². The van der Waals surface area contributed by atoms with Crippen LogP contribution in [0.2, 0.25) is 10.0 Å². The van der Waals surface area contributed by atoms with Crippen LogP contribution in [-0.2, 0) is 14.6 Å². The number of amides is 1.